The second kappa shape index (κ2) is 8.85. The fraction of sp³-hybridized carbons (Fsp3) is 0.500. The molecule has 0 unspecified atom stereocenters. The minimum Gasteiger partial charge on any atom is -0.483 e. The van der Waals surface area contributed by atoms with Gasteiger partial charge in [0.1, 0.15) is 5.75 Å². The third-order valence-electron chi connectivity index (χ3n) is 4.36. The topological polar surface area (TPSA) is 84.5 Å². The van der Waals surface area contributed by atoms with E-state index >= 15 is 0 Å². The van der Waals surface area contributed by atoms with Crippen LogP contribution in [0.1, 0.15) is 49.9 Å². The molecule has 2 atom stereocenters. The van der Waals surface area contributed by atoms with E-state index in [-0.39, 0.29) is 24.2 Å². The molecule has 136 valence electrons. The highest BCUT2D eigenvalue weighted by atomic mass is 35.5. The summed E-state index contributed by atoms with van der Waals surface area (Å²) >= 11 is 5.86. The smallest absolute Gasteiger partial charge is 0.321 e. The Morgan fingerprint density at radius 3 is 2.64 bits per heavy atom. The standard InChI is InChI=1S/C18H23ClN2O4/c1-11-5-3-4-6-15(11)20-18(24)21-17(23)10-25-16-8-7-13(19)9-14(16)12(2)22/h7-9,11,15H,3-6,10H2,1-2H3,(H2,20,21,23,24)/t11-,15-/m0/s1. The van der Waals surface area contributed by atoms with E-state index in [0.29, 0.717) is 16.5 Å². The Bertz CT molecular complexity index is 662. The minimum absolute atomic E-state index is 0.0862. The molecular weight excluding hydrogens is 344 g/mol. The van der Waals surface area contributed by atoms with Crippen LogP contribution < -0.4 is 15.4 Å². The van der Waals surface area contributed by atoms with Crippen LogP contribution in [-0.2, 0) is 4.79 Å². The van der Waals surface area contributed by atoms with Gasteiger partial charge in [-0.3, -0.25) is 14.9 Å². The predicted octanol–water partition coefficient (Wildman–Crippen LogP) is 3.33. The lowest BCUT2D eigenvalue weighted by molar-refractivity contribution is -0.122. The van der Waals surface area contributed by atoms with Gasteiger partial charge in [-0.2, -0.15) is 0 Å². The molecule has 0 bridgehead atoms. The first-order valence-corrected chi connectivity index (χ1v) is 8.78. The number of halogens is 1. The maximum absolute atomic E-state index is 11.9. The molecule has 0 spiro atoms. The van der Waals surface area contributed by atoms with Crippen LogP contribution in [0.2, 0.25) is 5.02 Å². The molecule has 2 rings (SSSR count). The molecule has 1 aromatic rings. The van der Waals surface area contributed by atoms with Crippen LogP contribution in [0.25, 0.3) is 0 Å². The van der Waals surface area contributed by atoms with Crippen molar-refractivity contribution in [3.63, 3.8) is 0 Å². The fourth-order valence-corrected chi connectivity index (χ4v) is 3.12. The molecule has 25 heavy (non-hydrogen) atoms. The zero-order chi connectivity index (χ0) is 18.4. The summed E-state index contributed by atoms with van der Waals surface area (Å²) in [4.78, 5) is 35.4. The Kier molecular flexibility index (Phi) is 6.82. The molecule has 3 amide bonds. The first-order chi connectivity index (χ1) is 11.9. The molecule has 0 saturated heterocycles. The van der Waals surface area contributed by atoms with Crippen molar-refractivity contribution in [2.24, 2.45) is 5.92 Å². The lowest BCUT2D eigenvalue weighted by Crippen LogP contribution is -2.48. The number of amides is 3. The Hall–Kier alpha value is -2.08. The number of hydrogen-bond acceptors (Lipinski definition) is 4. The van der Waals surface area contributed by atoms with Crippen molar-refractivity contribution in [1.29, 1.82) is 0 Å². The number of benzene rings is 1. The summed E-state index contributed by atoms with van der Waals surface area (Å²) < 4.78 is 5.36. The summed E-state index contributed by atoms with van der Waals surface area (Å²) in [5.41, 5.74) is 0.292. The van der Waals surface area contributed by atoms with Crippen LogP contribution in [0, 0.1) is 5.92 Å². The van der Waals surface area contributed by atoms with E-state index in [1.165, 1.54) is 25.5 Å². The highest BCUT2D eigenvalue weighted by Crippen LogP contribution is 2.24. The Balaban J connectivity index is 1.84. The zero-order valence-electron chi connectivity index (χ0n) is 14.4. The molecule has 0 radical (unpaired) electrons. The minimum atomic E-state index is -0.578. The fourth-order valence-electron chi connectivity index (χ4n) is 2.94. The molecule has 1 fully saturated rings. The summed E-state index contributed by atoms with van der Waals surface area (Å²) in [6, 6.07) is 4.14. The van der Waals surface area contributed by atoms with Crippen molar-refractivity contribution >= 4 is 29.3 Å². The number of Topliss-reactive ketones (excluding diaryl/α,β-unsaturated/α-hetero) is 1. The molecule has 6 nitrogen and oxygen atoms in total. The lowest BCUT2D eigenvalue weighted by atomic mass is 9.86. The summed E-state index contributed by atoms with van der Waals surface area (Å²) in [7, 11) is 0. The van der Waals surface area contributed by atoms with E-state index in [9.17, 15) is 14.4 Å². The second-order valence-electron chi connectivity index (χ2n) is 6.38. The molecule has 7 heteroatoms. The summed E-state index contributed by atoms with van der Waals surface area (Å²) in [5, 5.41) is 5.50. The average molecular weight is 367 g/mol. The van der Waals surface area contributed by atoms with Crippen LogP contribution in [0.5, 0.6) is 5.75 Å². The van der Waals surface area contributed by atoms with Gasteiger partial charge in [-0.25, -0.2) is 4.79 Å². The summed E-state index contributed by atoms with van der Waals surface area (Å²) in [6.45, 7) is 3.12. The van der Waals surface area contributed by atoms with Gasteiger partial charge in [-0.1, -0.05) is 31.4 Å². The SMILES string of the molecule is CC(=O)c1cc(Cl)ccc1OCC(=O)NC(=O)N[C@H]1CCCC[C@@H]1C. The molecule has 1 aliphatic carbocycles. The van der Waals surface area contributed by atoms with Crippen molar-refractivity contribution < 1.29 is 19.1 Å². The normalized spacial score (nSPS) is 19.8. The highest BCUT2D eigenvalue weighted by Gasteiger charge is 2.23. The van der Waals surface area contributed by atoms with Gasteiger partial charge >= 0.3 is 6.03 Å². The first kappa shape index (κ1) is 19.2. The highest BCUT2D eigenvalue weighted by molar-refractivity contribution is 6.31. The van der Waals surface area contributed by atoms with Crippen LogP contribution in [0.4, 0.5) is 4.79 Å². The number of hydrogen-bond donors (Lipinski definition) is 2. The Labute approximate surface area is 152 Å². The van der Waals surface area contributed by atoms with E-state index in [4.69, 9.17) is 16.3 Å². The summed E-state index contributed by atoms with van der Waals surface area (Å²) in [6.07, 6.45) is 4.25. The van der Waals surface area contributed by atoms with Crippen molar-refractivity contribution in [3.05, 3.63) is 28.8 Å². The van der Waals surface area contributed by atoms with Gasteiger partial charge in [0.25, 0.3) is 5.91 Å². The first-order valence-electron chi connectivity index (χ1n) is 8.40. The van der Waals surface area contributed by atoms with Crippen molar-refractivity contribution in [3.8, 4) is 5.75 Å². The number of ketones is 1. The quantitative estimate of drug-likeness (QED) is 0.783. The van der Waals surface area contributed by atoms with Crippen LogP contribution in [-0.4, -0.2) is 30.4 Å². The third kappa shape index (κ3) is 5.74. The van der Waals surface area contributed by atoms with Gasteiger partial charge in [0, 0.05) is 11.1 Å². The number of rotatable bonds is 5. The van der Waals surface area contributed by atoms with E-state index in [1.807, 2.05) is 0 Å². The number of imide groups is 1. The molecule has 1 aromatic carbocycles. The largest absolute Gasteiger partial charge is 0.483 e. The van der Waals surface area contributed by atoms with Crippen molar-refractivity contribution in [2.75, 3.05) is 6.61 Å². The van der Waals surface area contributed by atoms with Gasteiger partial charge in [0.05, 0.1) is 5.56 Å². The predicted molar refractivity (Wildman–Crippen MR) is 95.0 cm³/mol. The third-order valence-corrected chi connectivity index (χ3v) is 4.60. The van der Waals surface area contributed by atoms with E-state index < -0.39 is 11.9 Å². The van der Waals surface area contributed by atoms with Gasteiger partial charge in [-0.05, 0) is 43.9 Å². The van der Waals surface area contributed by atoms with Gasteiger partial charge in [0.2, 0.25) is 0 Å². The van der Waals surface area contributed by atoms with Crippen LogP contribution in [0.15, 0.2) is 18.2 Å². The van der Waals surface area contributed by atoms with E-state index in [2.05, 4.69) is 17.6 Å². The Morgan fingerprint density at radius 1 is 1.24 bits per heavy atom. The number of carbonyl (C=O) groups is 3. The molecular formula is C18H23ClN2O4. The zero-order valence-corrected chi connectivity index (χ0v) is 15.2. The van der Waals surface area contributed by atoms with Crippen LogP contribution >= 0.6 is 11.6 Å². The maximum atomic E-state index is 11.9. The average Bonchev–Trinajstić information content (AvgIpc) is 2.55. The number of carbonyl (C=O) groups excluding carboxylic acids is 3. The van der Waals surface area contributed by atoms with E-state index in [1.54, 1.807) is 6.07 Å². The maximum Gasteiger partial charge on any atom is 0.321 e. The molecule has 0 aliphatic heterocycles. The second-order valence-corrected chi connectivity index (χ2v) is 6.81. The molecule has 0 aromatic heterocycles. The number of ether oxygens (including phenoxy) is 1. The Morgan fingerprint density at radius 2 is 1.96 bits per heavy atom. The van der Waals surface area contributed by atoms with Crippen molar-refractivity contribution in [2.45, 2.75) is 45.6 Å². The van der Waals surface area contributed by atoms with Crippen LogP contribution in [0.3, 0.4) is 0 Å². The van der Waals surface area contributed by atoms with Gasteiger partial charge in [0.15, 0.2) is 12.4 Å². The lowest BCUT2D eigenvalue weighted by Gasteiger charge is -2.29. The number of urea groups is 1. The van der Waals surface area contributed by atoms with E-state index in [0.717, 1.165) is 19.3 Å². The molecule has 1 saturated carbocycles. The molecule has 2 N–H and O–H groups in total. The van der Waals surface area contributed by atoms with Gasteiger partial charge in [-0.15, -0.1) is 0 Å². The molecule has 1 aliphatic rings. The van der Waals surface area contributed by atoms with Crippen molar-refractivity contribution in [1.82, 2.24) is 10.6 Å². The molecule has 0 heterocycles. The summed E-state index contributed by atoms with van der Waals surface area (Å²) in [5.74, 6) is -0.140. The van der Waals surface area contributed by atoms with Gasteiger partial charge < -0.3 is 10.1 Å². The number of nitrogens with one attached hydrogen (secondary N) is 2. The monoisotopic (exact) mass is 366 g/mol.